The van der Waals surface area contributed by atoms with Crippen LogP contribution in [0.5, 0.6) is 0 Å². The SMILES string of the molecule is NCc1ccc(F)c(Cn2ccnc2)c1. The lowest BCUT2D eigenvalue weighted by Crippen LogP contribution is -2.03. The van der Waals surface area contributed by atoms with Crippen LogP contribution in [0.4, 0.5) is 4.39 Å². The van der Waals surface area contributed by atoms with Crippen LogP contribution in [0.15, 0.2) is 36.9 Å². The van der Waals surface area contributed by atoms with Crippen LogP contribution >= 0.6 is 0 Å². The van der Waals surface area contributed by atoms with Crippen LogP contribution in [-0.4, -0.2) is 9.55 Å². The van der Waals surface area contributed by atoms with Gasteiger partial charge in [-0.15, -0.1) is 0 Å². The molecule has 0 aliphatic heterocycles. The molecule has 4 heteroatoms. The summed E-state index contributed by atoms with van der Waals surface area (Å²) in [4.78, 5) is 3.91. The number of aromatic nitrogens is 2. The molecule has 0 aliphatic rings. The zero-order valence-corrected chi connectivity index (χ0v) is 8.23. The average molecular weight is 205 g/mol. The predicted molar refractivity (Wildman–Crippen MR) is 55.6 cm³/mol. The van der Waals surface area contributed by atoms with Crippen LogP contribution in [0.25, 0.3) is 0 Å². The molecule has 2 N–H and O–H groups in total. The molecule has 1 aromatic heterocycles. The first-order valence-corrected chi connectivity index (χ1v) is 4.72. The number of nitrogens with two attached hydrogens (primary N) is 1. The number of imidazole rings is 1. The first kappa shape index (κ1) is 9.86. The molecule has 2 rings (SSSR count). The Morgan fingerprint density at radius 2 is 2.27 bits per heavy atom. The van der Waals surface area contributed by atoms with E-state index in [1.165, 1.54) is 6.07 Å². The van der Waals surface area contributed by atoms with Crippen molar-refractivity contribution in [2.45, 2.75) is 13.1 Å². The molecule has 0 saturated heterocycles. The number of hydrogen-bond acceptors (Lipinski definition) is 2. The lowest BCUT2D eigenvalue weighted by molar-refractivity contribution is 0.598. The molecular weight excluding hydrogens is 193 g/mol. The van der Waals surface area contributed by atoms with Crippen molar-refractivity contribution in [3.63, 3.8) is 0 Å². The molecule has 0 bridgehead atoms. The highest BCUT2D eigenvalue weighted by atomic mass is 19.1. The Balaban J connectivity index is 2.27. The standard InChI is InChI=1S/C11H12FN3/c12-11-2-1-9(6-13)5-10(11)7-15-4-3-14-8-15/h1-5,8H,6-7,13H2. The van der Waals surface area contributed by atoms with Gasteiger partial charge in [-0.05, 0) is 17.7 Å². The maximum absolute atomic E-state index is 13.4. The Hall–Kier alpha value is -1.68. The largest absolute Gasteiger partial charge is 0.333 e. The zero-order valence-electron chi connectivity index (χ0n) is 8.23. The van der Waals surface area contributed by atoms with E-state index >= 15 is 0 Å². The molecule has 0 aliphatic carbocycles. The van der Waals surface area contributed by atoms with Gasteiger partial charge in [-0.2, -0.15) is 0 Å². The third-order valence-corrected chi connectivity index (χ3v) is 2.26. The second-order valence-electron chi connectivity index (χ2n) is 3.36. The van der Waals surface area contributed by atoms with Gasteiger partial charge in [-0.25, -0.2) is 9.37 Å². The lowest BCUT2D eigenvalue weighted by Gasteiger charge is -2.06. The highest BCUT2D eigenvalue weighted by Crippen LogP contribution is 2.11. The summed E-state index contributed by atoms with van der Waals surface area (Å²) >= 11 is 0. The minimum atomic E-state index is -0.207. The zero-order chi connectivity index (χ0) is 10.7. The summed E-state index contributed by atoms with van der Waals surface area (Å²) in [7, 11) is 0. The number of hydrogen-bond donors (Lipinski definition) is 1. The Morgan fingerprint density at radius 3 is 2.93 bits per heavy atom. The fourth-order valence-electron chi connectivity index (χ4n) is 1.45. The lowest BCUT2D eigenvalue weighted by atomic mass is 10.1. The average Bonchev–Trinajstić information content (AvgIpc) is 2.74. The van der Waals surface area contributed by atoms with Gasteiger partial charge in [0, 0.05) is 24.5 Å². The maximum atomic E-state index is 13.4. The monoisotopic (exact) mass is 205 g/mol. The van der Waals surface area contributed by atoms with E-state index in [0.29, 0.717) is 18.7 Å². The normalized spacial score (nSPS) is 10.5. The van der Waals surface area contributed by atoms with Gasteiger partial charge in [0.2, 0.25) is 0 Å². The summed E-state index contributed by atoms with van der Waals surface area (Å²) in [5, 5.41) is 0. The molecule has 15 heavy (non-hydrogen) atoms. The summed E-state index contributed by atoms with van der Waals surface area (Å²) in [6.45, 7) is 0.914. The Labute approximate surface area is 87.4 Å². The van der Waals surface area contributed by atoms with Gasteiger partial charge in [-0.3, -0.25) is 0 Å². The van der Waals surface area contributed by atoms with E-state index in [1.807, 2.05) is 4.57 Å². The van der Waals surface area contributed by atoms with Crippen LogP contribution < -0.4 is 5.73 Å². The van der Waals surface area contributed by atoms with Gasteiger partial charge in [-0.1, -0.05) is 6.07 Å². The third-order valence-electron chi connectivity index (χ3n) is 2.26. The smallest absolute Gasteiger partial charge is 0.128 e. The van der Waals surface area contributed by atoms with Gasteiger partial charge in [0.25, 0.3) is 0 Å². The Bertz CT molecular complexity index is 437. The predicted octanol–water partition coefficient (Wildman–Crippen LogP) is 1.53. The first-order valence-electron chi connectivity index (χ1n) is 4.72. The molecule has 0 amide bonds. The molecule has 0 spiro atoms. The molecule has 0 atom stereocenters. The molecule has 0 radical (unpaired) electrons. The van der Waals surface area contributed by atoms with Crippen LogP contribution in [0.1, 0.15) is 11.1 Å². The van der Waals surface area contributed by atoms with Crippen molar-refractivity contribution in [1.29, 1.82) is 0 Å². The van der Waals surface area contributed by atoms with E-state index in [-0.39, 0.29) is 5.82 Å². The van der Waals surface area contributed by atoms with Crippen LogP contribution in [-0.2, 0) is 13.1 Å². The minimum Gasteiger partial charge on any atom is -0.333 e. The van der Waals surface area contributed by atoms with Crippen molar-refractivity contribution in [2.75, 3.05) is 0 Å². The van der Waals surface area contributed by atoms with E-state index < -0.39 is 0 Å². The second kappa shape index (κ2) is 4.23. The first-order chi connectivity index (χ1) is 7.29. The highest BCUT2D eigenvalue weighted by Gasteiger charge is 2.03. The molecule has 1 aromatic carbocycles. The van der Waals surface area contributed by atoms with Crippen molar-refractivity contribution < 1.29 is 4.39 Å². The number of rotatable bonds is 3. The van der Waals surface area contributed by atoms with Gasteiger partial charge in [0.15, 0.2) is 0 Å². The summed E-state index contributed by atoms with van der Waals surface area (Å²) in [5.41, 5.74) is 7.07. The van der Waals surface area contributed by atoms with E-state index in [0.717, 1.165) is 5.56 Å². The number of nitrogens with zero attached hydrogens (tertiary/aromatic N) is 2. The molecule has 3 nitrogen and oxygen atoms in total. The summed E-state index contributed by atoms with van der Waals surface area (Å²) in [6.07, 6.45) is 5.13. The summed E-state index contributed by atoms with van der Waals surface area (Å²) in [6, 6.07) is 4.94. The van der Waals surface area contributed by atoms with Crippen LogP contribution in [0, 0.1) is 5.82 Å². The summed E-state index contributed by atoms with van der Waals surface area (Å²) < 4.78 is 15.2. The van der Waals surface area contributed by atoms with Gasteiger partial charge in [0.05, 0.1) is 12.9 Å². The second-order valence-corrected chi connectivity index (χ2v) is 3.36. The molecule has 78 valence electrons. The van der Waals surface area contributed by atoms with Gasteiger partial charge < -0.3 is 10.3 Å². The fourth-order valence-corrected chi connectivity index (χ4v) is 1.45. The molecule has 0 fully saturated rings. The molecular formula is C11H12FN3. The Morgan fingerprint density at radius 1 is 1.40 bits per heavy atom. The highest BCUT2D eigenvalue weighted by molar-refractivity contribution is 5.25. The van der Waals surface area contributed by atoms with Crippen molar-refractivity contribution in [3.05, 3.63) is 53.9 Å². The van der Waals surface area contributed by atoms with Crippen molar-refractivity contribution >= 4 is 0 Å². The van der Waals surface area contributed by atoms with Crippen LogP contribution in [0.3, 0.4) is 0 Å². The van der Waals surface area contributed by atoms with E-state index in [2.05, 4.69) is 4.98 Å². The third kappa shape index (κ3) is 2.22. The molecule has 1 heterocycles. The quantitative estimate of drug-likeness (QED) is 0.825. The Kier molecular flexibility index (Phi) is 2.78. The van der Waals surface area contributed by atoms with Crippen molar-refractivity contribution in [3.8, 4) is 0 Å². The van der Waals surface area contributed by atoms with Crippen LogP contribution in [0.2, 0.25) is 0 Å². The van der Waals surface area contributed by atoms with Gasteiger partial charge >= 0.3 is 0 Å². The molecule has 0 saturated carbocycles. The van der Waals surface area contributed by atoms with E-state index in [9.17, 15) is 4.39 Å². The number of halogens is 1. The van der Waals surface area contributed by atoms with E-state index in [4.69, 9.17) is 5.73 Å². The minimum absolute atomic E-state index is 0.207. The molecule has 0 unspecified atom stereocenters. The van der Waals surface area contributed by atoms with Crippen molar-refractivity contribution in [2.24, 2.45) is 5.73 Å². The molecule has 2 aromatic rings. The van der Waals surface area contributed by atoms with Gasteiger partial charge in [0.1, 0.15) is 5.82 Å². The van der Waals surface area contributed by atoms with Crippen molar-refractivity contribution in [1.82, 2.24) is 9.55 Å². The topological polar surface area (TPSA) is 43.8 Å². The number of benzene rings is 1. The summed E-state index contributed by atoms with van der Waals surface area (Å²) in [5.74, 6) is -0.207. The fraction of sp³-hybridized carbons (Fsp3) is 0.182. The maximum Gasteiger partial charge on any atom is 0.128 e. The van der Waals surface area contributed by atoms with E-state index in [1.54, 1.807) is 30.9 Å².